The summed E-state index contributed by atoms with van der Waals surface area (Å²) in [6.45, 7) is 8.26. The van der Waals surface area contributed by atoms with Crippen molar-refractivity contribution in [1.29, 1.82) is 0 Å². The predicted octanol–water partition coefficient (Wildman–Crippen LogP) is 2.47. The summed E-state index contributed by atoms with van der Waals surface area (Å²) < 4.78 is 0. The van der Waals surface area contributed by atoms with Gasteiger partial charge in [0.25, 0.3) is 0 Å². The van der Waals surface area contributed by atoms with Crippen LogP contribution in [0.4, 0.5) is 0 Å². The molecule has 0 saturated carbocycles. The Kier molecular flexibility index (Phi) is 3.90. The van der Waals surface area contributed by atoms with Gasteiger partial charge in [-0.05, 0) is 36.3 Å². The van der Waals surface area contributed by atoms with E-state index in [2.05, 4.69) is 48.3 Å². The number of aryl methyl sites for hydroxylation is 1. The Hall–Kier alpha value is -0.860. The molecule has 0 bridgehead atoms. The van der Waals surface area contributed by atoms with E-state index >= 15 is 0 Å². The lowest BCUT2D eigenvalue weighted by Gasteiger charge is -2.45. The molecule has 2 nitrogen and oxygen atoms in total. The minimum absolute atomic E-state index is 0.712. The molecule has 0 spiro atoms. The Balaban J connectivity index is 1.76. The van der Waals surface area contributed by atoms with E-state index in [0.717, 1.165) is 25.0 Å². The van der Waals surface area contributed by atoms with Crippen LogP contribution in [0.1, 0.15) is 31.4 Å². The van der Waals surface area contributed by atoms with Crippen molar-refractivity contribution < 1.29 is 0 Å². The number of hydrogen-bond acceptors (Lipinski definition) is 2. The van der Waals surface area contributed by atoms with Crippen LogP contribution in [0.3, 0.4) is 0 Å². The van der Waals surface area contributed by atoms with E-state index in [1.165, 1.54) is 25.8 Å². The van der Waals surface area contributed by atoms with Gasteiger partial charge in [-0.15, -0.1) is 0 Å². The SMILES string of the molecule is CC(C)C1CNCCN1C1CCc2ccccc2C1. The van der Waals surface area contributed by atoms with Gasteiger partial charge in [-0.25, -0.2) is 0 Å². The normalized spacial score (nSPS) is 28.4. The maximum atomic E-state index is 3.56. The molecule has 104 valence electrons. The highest BCUT2D eigenvalue weighted by Gasteiger charge is 2.32. The van der Waals surface area contributed by atoms with E-state index in [1.54, 1.807) is 11.1 Å². The summed E-state index contributed by atoms with van der Waals surface area (Å²) in [6.07, 6.45) is 3.84. The van der Waals surface area contributed by atoms with Crippen LogP contribution in [0, 0.1) is 5.92 Å². The summed E-state index contributed by atoms with van der Waals surface area (Å²) in [6, 6.07) is 10.5. The molecule has 2 aliphatic rings. The first kappa shape index (κ1) is 13.1. The molecule has 2 atom stereocenters. The topological polar surface area (TPSA) is 15.3 Å². The molecule has 1 aliphatic heterocycles. The molecule has 1 heterocycles. The number of nitrogens with one attached hydrogen (secondary N) is 1. The molecular weight excluding hydrogens is 232 g/mol. The fourth-order valence-corrected chi connectivity index (χ4v) is 3.77. The Morgan fingerprint density at radius 3 is 2.79 bits per heavy atom. The van der Waals surface area contributed by atoms with Crippen molar-refractivity contribution in [3.63, 3.8) is 0 Å². The minimum Gasteiger partial charge on any atom is -0.314 e. The van der Waals surface area contributed by atoms with E-state index in [4.69, 9.17) is 0 Å². The molecule has 0 aromatic heterocycles. The molecular formula is C17H26N2. The van der Waals surface area contributed by atoms with Crippen LogP contribution in [0.5, 0.6) is 0 Å². The van der Waals surface area contributed by atoms with E-state index in [0.29, 0.717) is 6.04 Å². The summed E-state index contributed by atoms with van der Waals surface area (Å²) >= 11 is 0. The van der Waals surface area contributed by atoms with E-state index in [9.17, 15) is 0 Å². The van der Waals surface area contributed by atoms with Gasteiger partial charge >= 0.3 is 0 Å². The molecule has 1 fully saturated rings. The van der Waals surface area contributed by atoms with Gasteiger partial charge in [-0.2, -0.15) is 0 Å². The molecule has 3 rings (SSSR count). The van der Waals surface area contributed by atoms with Crippen LogP contribution < -0.4 is 5.32 Å². The number of benzene rings is 1. The molecule has 1 aromatic carbocycles. The highest BCUT2D eigenvalue weighted by atomic mass is 15.2. The molecule has 2 unspecified atom stereocenters. The number of rotatable bonds is 2. The molecule has 1 aliphatic carbocycles. The second-order valence-corrected chi connectivity index (χ2v) is 6.42. The summed E-state index contributed by atoms with van der Waals surface area (Å²) in [5.41, 5.74) is 3.16. The van der Waals surface area contributed by atoms with Gasteiger partial charge in [0.05, 0.1) is 0 Å². The maximum Gasteiger partial charge on any atom is 0.0247 e. The lowest BCUT2D eigenvalue weighted by molar-refractivity contribution is 0.0696. The third-order valence-corrected chi connectivity index (χ3v) is 4.89. The zero-order valence-electron chi connectivity index (χ0n) is 12.2. The molecule has 1 saturated heterocycles. The summed E-state index contributed by atoms with van der Waals surface area (Å²) in [5, 5.41) is 3.56. The largest absolute Gasteiger partial charge is 0.314 e. The van der Waals surface area contributed by atoms with Crippen molar-refractivity contribution in [3.8, 4) is 0 Å². The van der Waals surface area contributed by atoms with Gasteiger partial charge in [-0.3, -0.25) is 4.90 Å². The maximum absolute atomic E-state index is 3.56. The minimum atomic E-state index is 0.712. The second-order valence-electron chi connectivity index (χ2n) is 6.42. The molecule has 1 N–H and O–H groups in total. The van der Waals surface area contributed by atoms with Crippen LogP contribution in [-0.2, 0) is 12.8 Å². The first-order chi connectivity index (χ1) is 9.25. The standard InChI is InChI=1S/C17H26N2/c1-13(2)17-12-18-9-10-19(17)16-8-7-14-5-3-4-6-15(14)11-16/h3-6,13,16-18H,7-12H2,1-2H3. The highest BCUT2D eigenvalue weighted by molar-refractivity contribution is 5.30. The fourth-order valence-electron chi connectivity index (χ4n) is 3.77. The van der Waals surface area contributed by atoms with E-state index in [-0.39, 0.29) is 0 Å². The average molecular weight is 258 g/mol. The van der Waals surface area contributed by atoms with E-state index < -0.39 is 0 Å². The summed E-state index contributed by atoms with van der Waals surface area (Å²) in [7, 11) is 0. The zero-order chi connectivity index (χ0) is 13.2. The van der Waals surface area contributed by atoms with Gasteiger partial charge in [0, 0.05) is 31.7 Å². The Morgan fingerprint density at radius 1 is 1.21 bits per heavy atom. The van der Waals surface area contributed by atoms with Crippen molar-refractivity contribution >= 4 is 0 Å². The Labute approximate surface area is 117 Å². The van der Waals surface area contributed by atoms with Crippen LogP contribution in [0.25, 0.3) is 0 Å². The second kappa shape index (κ2) is 5.64. The summed E-state index contributed by atoms with van der Waals surface area (Å²) in [5.74, 6) is 0.741. The number of nitrogens with zero attached hydrogens (tertiary/aromatic N) is 1. The van der Waals surface area contributed by atoms with Crippen molar-refractivity contribution in [2.45, 2.75) is 45.2 Å². The lowest BCUT2D eigenvalue weighted by atomic mass is 9.85. The summed E-state index contributed by atoms with van der Waals surface area (Å²) in [4.78, 5) is 2.79. The van der Waals surface area contributed by atoms with Crippen molar-refractivity contribution in [3.05, 3.63) is 35.4 Å². The monoisotopic (exact) mass is 258 g/mol. The van der Waals surface area contributed by atoms with Crippen LogP contribution in [-0.4, -0.2) is 36.6 Å². The molecule has 1 aromatic rings. The number of hydrogen-bond donors (Lipinski definition) is 1. The van der Waals surface area contributed by atoms with Crippen molar-refractivity contribution in [2.24, 2.45) is 5.92 Å². The molecule has 2 heteroatoms. The smallest absolute Gasteiger partial charge is 0.0247 e. The number of piperazine rings is 1. The highest BCUT2D eigenvalue weighted by Crippen LogP contribution is 2.27. The average Bonchev–Trinajstić information content (AvgIpc) is 2.46. The van der Waals surface area contributed by atoms with Crippen molar-refractivity contribution in [2.75, 3.05) is 19.6 Å². The van der Waals surface area contributed by atoms with Crippen molar-refractivity contribution in [1.82, 2.24) is 10.2 Å². The van der Waals surface area contributed by atoms with Gasteiger partial charge in [0.1, 0.15) is 0 Å². The fraction of sp³-hybridized carbons (Fsp3) is 0.647. The van der Waals surface area contributed by atoms with Crippen LogP contribution in [0.15, 0.2) is 24.3 Å². The van der Waals surface area contributed by atoms with Gasteiger partial charge in [0.2, 0.25) is 0 Å². The first-order valence-electron chi connectivity index (χ1n) is 7.79. The van der Waals surface area contributed by atoms with Crippen LogP contribution >= 0.6 is 0 Å². The number of fused-ring (bicyclic) bond motifs is 1. The Bertz CT molecular complexity index is 427. The van der Waals surface area contributed by atoms with Gasteiger partial charge in [0.15, 0.2) is 0 Å². The third-order valence-electron chi connectivity index (χ3n) is 4.89. The predicted molar refractivity (Wildman–Crippen MR) is 80.5 cm³/mol. The van der Waals surface area contributed by atoms with E-state index in [1.807, 2.05) is 0 Å². The molecule has 0 radical (unpaired) electrons. The first-order valence-corrected chi connectivity index (χ1v) is 7.79. The zero-order valence-corrected chi connectivity index (χ0v) is 12.2. The molecule has 0 amide bonds. The lowest BCUT2D eigenvalue weighted by Crippen LogP contribution is -2.58. The molecule has 19 heavy (non-hydrogen) atoms. The van der Waals surface area contributed by atoms with Gasteiger partial charge in [-0.1, -0.05) is 38.1 Å². The third kappa shape index (κ3) is 2.70. The van der Waals surface area contributed by atoms with Crippen LogP contribution in [0.2, 0.25) is 0 Å². The Morgan fingerprint density at radius 2 is 2.00 bits per heavy atom. The van der Waals surface area contributed by atoms with Gasteiger partial charge < -0.3 is 5.32 Å². The quantitative estimate of drug-likeness (QED) is 0.876.